The number of methoxy groups -OCH3 is 1. The quantitative estimate of drug-likeness (QED) is 0.751. The average molecular weight is 298 g/mol. The van der Waals surface area contributed by atoms with Crippen LogP contribution in [0.1, 0.15) is 46.1 Å². The molecule has 1 N–H and O–H groups in total. The second-order valence-corrected chi connectivity index (χ2v) is 6.67. The van der Waals surface area contributed by atoms with Gasteiger partial charge < -0.3 is 10.1 Å². The number of halogens is 1. The van der Waals surface area contributed by atoms with Crippen molar-refractivity contribution >= 4 is 11.6 Å². The lowest BCUT2D eigenvalue weighted by atomic mass is 9.79. The summed E-state index contributed by atoms with van der Waals surface area (Å²) in [5.41, 5.74) is 1.42. The Morgan fingerprint density at radius 2 is 2.05 bits per heavy atom. The van der Waals surface area contributed by atoms with Crippen LogP contribution >= 0.6 is 11.6 Å². The van der Waals surface area contributed by atoms with Crippen molar-refractivity contribution in [2.24, 2.45) is 5.41 Å². The summed E-state index contributed by atoms with van der Waals surface area (Å²) < 4.78 is 5.47. The second kappa shape index (κ2) is 7.90. The molecule has 0 heterocycles. The van der Waals surface area contributed by atoms with Crippen molar-refractivity contribution in [2.45, 2.75) is 53.0 Å². The van der Waals surface area contributed by atoms with Crippen LogP contribution in [0.4, 0.5) is 0 Å². The van der Waals surface area contributed by atoms with Gasteiger partial charge in [0.15, 0.2) is 0 Å². The van der Waals surface area contributed by atoms with Gasteiger partial charge in [-0.3, -0.25) is 0 Å². The van der Waals surface area contributed by atoms with Crippen LogP contribution in [0.25, 0.3) is 0 Å². The highest BCUT2D eigenvalue weighted by Crippen LogP contribution is 2.33. The summed E-state index contributed by atoms with van der Waals surface area (Å²) >= 11 is 6.14. The van der Waals surface area contributed by atoms with E-state index in [1.165, 1.54) is 18.4 Å². The van der Waals surface area contributed by atoms with Crippen molar-refractivity contribution in [3.8, 4) is 5.75 Å². The van der Waals surface area contributed by atoms with E-state index in [0.29, 0.717) is 6.04 Å². The van der Waals surface area contributed by atoms with Crippen LogP contribution in [0.3, 0.4) is 0 Å². The van der Waals surface area contributed by atoms with Gasteiger partial charge in [0, 0.05) is 17.6 Å². The summed E-state index contributed by atoms with van der Waals surface area (Å²) in [5.74, 6) is 0.932. The number of ether oxygens (including phenoxy) is 1. The monoisotopic (exact) mass is 297 g/mol. The van der Waals surface area contributed by atoms with Gasteiger partial charge in [0.25, 0.3) is 0 Å². The minimum Gasteiger partial charge on any atom is -0.496 e. The number of hydrogen-bond acceptors (Lipinski definition) is 2. The standard InChI is InChI=1S/C17H28ClNO/c1-6-9-17(4,12-19-13(2)3)11-14-10-15(18)7-8-16(14)20-5/h7-8,10,13,19H,6,9,11-12H2,1-5H3. The van der Waals surface area contributed by atoms with Crippen LogP contribution in [-0.2, 0) is 6.42 Å². The molecule has 0 saturated heterocycles. The normalized spacial score (nSPS) is 14.3. The van der Waals surface area contributed by atoms with E-state index in [0.717, 1.165) is 23.7 Å². The third-order valence-electron chi connectivity index (χ3n) is 3.65. The first-order valence-corrected chi connectivity index (χ1v) is 7.84. The van der Waals surface area contributed by atoms with Gasteiger partial charge in [0.05, 0.1) is 7.11 Å². The van der Waals surface area contributed by atoms with Gasteiger partial charge >= 0.3 is 0 Å². The van der Waals surface area contributed by atoms with Crippen molar-refractivity contribution in [3.05, 3.63) is 28.8 Å². The highest BCUT2D eigenvalue weighted by molar-refractivity contribution is 6.30. The van der Waals surface area contributed by atoms with Crippen LogP contribution in [0.15, 0.2) is 18.2 Å². The topological polar surface area (TPSA) is 21.3 Å². The first kappa shape index (κ1) is 17.3. The fraction of sp³-hybridized carbons (Fsp3) is 0.647. The minimum absolute atomic E-state index is 0.219. The lowest BCUT2D eigenvalue weighted by Gasteiger charge is -2.31. The third kappa shape index (κ3) is 5.34. The average Bonchev–Trinajstić information content (AvgIpc) is 2.37. The van der Waals surface area contributed by atoms with Crippen LogP contribution < -0.4 is 10.1 Å². The van der Waals surface area contributed by atoms with E-state index in [1.807, 2.05) is 18.2 Å². The number of rotatable bonds is 8. The fourth-order valence-electron chi connectivity index (χ4n) is 2.64. The van der Waals surface area contributed by atoms with E-state index < -0.39 is 0 Å². The zero-order valence-corrected chi connectivity index (χ0v) is 14.2. The SMILES string of the molecule is CCCC(C)(CNC(C)C)Cc1cc(Cl)ccc1OC. The van der Waals surface area contributed by atoms with E-state index in [9.17, 15) is 0 Å². The Balaban J connectivity index is 2.91. The van der Waals surface area contributed by atoms with E-state index in [1.54, 1.807) is 7.11 Å². The Bertz CT molecular complexity index is 419. The zero-order chi connectivity index (χ0) is 15.2. The molecule has 0 amide bonds. The maximum atomic E-state index is 6.14. The van der Waals surface area contributed by atoms with Gasteiger partial charge in [-0.05, 0) is 42.0 Å². The summed E-state index contributed by atoms with van der Waals surface area (Å²) in [7, 11) is 1.72. The van der Waals surface area contributed by atoms with Crippen molar-refractivity contribution in [3.63, 3.8) is 0 Å². The summed E-state index contributed by atoms with van der Waals surface area (Å²) in [5, 5.41) is 4.34. The highest BCUT2D eigenvalue weighted by atomic mass is 35.5. The molecule has 20 heavy (non-hydrogen) atoms. The predicted octanol–water partition coefficient (Wildman–Crippen LogP) is 4.70. The summed E-state index contributed by atoms with van der Waals surface area (Å²) in [6.45, 7) is 9.96. The molecular weight excluding hydrogens is 270 g/mol. The molecule has 0 aliphatic heterocycles. The van der Waals surface area contributed by atoms with E-state index in [2.05, 4.69) is 33.0 Å². The lowest BCUT2D eigenvalue weighted by Crippen LogP contribution is -2.37. The minimum atomic E-state index is 0.219. The maximum absolute atomic E-state index is 6.14. The molecule has 0 aliphatic carbocycles. The smallest absolute Gasteiger partial charge is 0.122 e. The molecule has 0 saturated carbocycles. The largest absolute Gasteiger partial charge is 0.496 e. The molecule has 1 atom stereocenters. The highest BCUT2D eigenvalue weighted by Gasteiger charge is 2.25. The van der Waals surface area contributed by atoms with E-state index in [4.69, 9.17) is 16.3 Å². The molecule has 0 bridgehead atoms. The Morgan fingerprint density at radius 1 is 1.35 bits per heavy atom. The first-order valence-electron chi connectivity index (χ1n) is 7.46. The maximum Gasteiger partial charge on any atom is 0.122 e. The Morgan fingerprint density at radius 3 is 2.60 bits per heavy atom. The molecule has 0 fully saturated rings. The summed E-state index contributed by atoms with van der Waals surface area (Å²) in [4.78, 5) is 0. The Kier molecular flexibility index (Phi) is 6.84. The Hall–Kier alpha value is -0.730. The predicted molar refractivity (Wildman–Crippen MR) is 87.9 cm³/mol. The van der Waals surface area contributed by atoms with Crippen molar-refractivity contribution in [2.75, 3.05) is 13.7 Å². The second-order valence-electron chi connectivity index (χ2n) is 6.23. The number of hydrogen-bond donors (Lipinski definition) is 1. The molecular formula is C17H28ClNO. The molecule has 0 aromatic heterocycles. The molecule has 2 nitrogen and oxygen atoms in total. The molecule has 0 radical (unpaired) electrons. The molecule has 0 spiro atoms. The summed E-state index contributed by atoms with van der Waals surface area (Å²) in [6, 6.07) is 6.38. The van der Waals surface area contributed by atoms with Crippen molar-refractivity contribution in [1.29, 1.82) is 0 Å². The van der Waals surface area contributed by atoms with Gasteiger partial charge in [-0.15, -0.1) is 0 Å². The number of benzene rings is 1. The van der Waals surface area contributed by atoms with Crippen molar-refractivity contribution in [1.82, 2.24) is 5.32 Å². The summed E-state index contributed by atoms with van der Waals surface area (Å²) in [6.07, 6.45) is 3.34. The van der Waals surface area contributed by atoms with Crippen LogP contribution in [-0.4, -0.2) is 19.7 Å². The van der Waals surface area contributed by atoms with Crippen LogP contribution in [0.2, 0.25) is 5.02 Å². The first-order chi connectivity index (χ1) is 9.40. The Labute approximate surface area is 128 Å². The van der Waals surface area contributed by atoms with Crippen LogP contribution in [0, 0.1) is 5.41 Å². The molecule has 3 heteroatoms. The fourth-order valence-corrected chi connectivity index (χ4v) is 2.83. The van der Waals surface area contributed by atoms with Gasteiger partial charge in [-0.2, -0.15) is 0 Å². The van der Waals surface area contributed by atoms with Gasteiger partial charge in [-0.25, -0.2) is 0 Å². The third-order valence-corrected chi connectivity index (χ3v) is 3.89. The van der Waals surface area contributed by atoms with Crippen LogP contribution in [0.5, 0.6) is 5.75 Å². The molecule has 114 valence electrons. The van der Waals surface area contributed by atoms with Gasteiger partial charge in [0.1, 0.15) is 5.75 Å². The van der Waals surface area contributed by atoms with Gasteiger partial charge in [0.2, 0.25) is 0 Å². The molecule has 0 aliphatic rings. The molecule has 1 rings (SSSR count). The zero-order valence-electron chi connectivity index (χ0n) is 13.4. The van der Waals surface area contributed by atoms with E-state index >= 15 is 0 Å². The van der Waals surface area contributed by atoms with E-state index in [-0.39, 0.29) is 5.41 Å². The molecule has 1 aromatic rings. The van der Waals surface area contributed by atoms with Crippen molar-refractivity contribution < 1.29 is 4.74 Å². The lowest BCUT2D eigenvalue weighted by molar-refractivity contribution is 0.263. The van der Waals surface area contributed by atoms with Gasteiger partial charge in [-0.1, -0.05) is 45.7 Å². The number of nitrogens with one attached hydrogen (secondary N) is 1. The molecule has 1 aromatic carbocycles. The molecule has 1 unspecified atom stereocenters.